The van der Waals surface area contributed by atoms with Crippen molar-refractivity contribution in [2.75, 3.05) is 0 Å². The van der Waals surface area contributed by atoms with Crippen LogP contribution in [0.15, 0.2) is 64.4 Å². The molecule has 1 aromatic carbocycles. The maximum Gasteiger partial charge on any atom is 0.271 e. The summed E-state index contributed by atoms with van der Waals surface area (Å²) in [6, 6.07) is 11.1. The fourth-order valence-electron chi connectivity index (χ4n) is 2.33. The summed E-state index contributed by atoms with van der Waals surface area (Å²) in [5.41, 5.74) is 4.34. The topological polar surface area (TPSA) is 111 Å². The first-order valence-corrected chi connectivity index (χ1v) is 7.63. The molecule has 0 saturated heterocycles. The van der Waals surface area contributed by atoms with Gasteiger partial charge in [0.1, 0.15) is 11.5 Å². The Labute approximate surface area is 148 Å². The fourth-order valence-corrected chi connectivity index (χ4v) is 2.33. The molecule has 0 aliphatic carbocycles. The van der Waals surface area contributed by atoms with Crippen LogP contribution in [0.3, 0.4) is 0 Å². The van der Waals surface area contributed by atoms with E-state index in [0.717, 1.165) is 11.1 Å². The molecule has 0 radical (unpaired) electrons. The number of carbonyl (C=O) groups is 1. The molecule has 0 aliphatic heterocycles. The largest absolute Gasteiger partial charge is 0.455 e. The van der Waals surface area contributed by atoms with Crippen molar-refractivity contribution < 1.29 is 14.1 Å². The molecule has 3 rings (SSSR count). The monoisotopic (exact) mass is 350 g/mol. The predicted molar refractivity (Wildman–Crippen MR) is 94.8 cm³/mol. The van der Waals surface area contributed by atoms with E-state index in [1.807, 2.05) is 0 Å². The minimum absolute atomic E-state index is 0.0263. The van der Waals surface area contributed by atoms with Gasteiger partial charge in [0.15, 0.2) is 0 Å². The molecular formula is C18H14N4O4. The smallest absolute Gasteiger partial charge is 0.271 e. The molecule has 3 aromatic rings. The van der Waals surface area contributed by atoms with Crippen molar-refractivity contribution in [1.82, 2.24) is 10.4 Å². The summed E-state index contributed by atoms with van der Waals surface area (Å²) < 4.78 is 5.66. The summed E-state index contributed by atoms with van der Waals surface area (Å²) in [4.78, 5) is 26.1. The Balaban J connectivity index is 1.70. The third kappa shape index (κ3) is 3.81. The average Bonchev–Trinajstić information content (AvgIpc) is 3.10. The van der Waals surface area contributed by atoms with Crippen LogP contribution in [0, 0.1) is 17.0 Å². The van der Waals surface area contributed by atoms with Gasteiger partial charge in [-0.05, 0) is 42.8 Å². The number of aryl methyl sites for hydroxylation is 1. The molecule has 0 fully saturated rings. The lowest BCUT2D eigenvalue weighted by molar-refractivity contribution is -0.384. The van der Waals surface area contributed by atoms with E-state index in [0.29, 0.717) is 17.1 Å². The van der Waals surface area contributed by atoms with Crippen molar-refractivity contribution >= 4 is 17.8 Å². The first kappa shape index (κ1) is 17.0. The number of pyridine rings is 1. The zero-order chi connectivity index (χ0) is 18.5. The van der Waals surface area contributed by atoms with E-state index in [9.17, 15) is 14.9 Å². The van der Waals surface area contributed by atoms with Gasteiger partial charge < -0.3 is 4.42 Å². The van der Waals surface area contributed by atoms with Crippen LogP contribution in [0.4, 0.5) is 5.69 Å². The molecule has 0 atom stereocenters. The van der Waals surface area contributed by atoms with Crippen LogP contribution in [0.2, 0.25) is 0 Å². The Morgan fingerprint density at radius 2 is 2.00 bits per heavy atom. The summed E-state index contributed by atoms with van der Waals surface area (Å²) in [6.45, 7) is 1.77. The Hall–Kier alpha value is -3.81. The zero-order valence-corrected chi connectivity index (χ0v) is 13.7. The van der Waals surface area contributed by atoms with E-state index in [4.69, 9.17) is 4.42 Å². The molecule has 8 heteroatoms. The van der Waals surface area contributed by atoms with Gasteiger partial charge in [-0.25, -0.2) is 5.43 Å². The molecule has 0 aliphatic rings. The van der Waals surface area contributed by atoms with Gasteiger partial charge >= 0.3 is 0 Å². The third-order valence-corrected chi connectivity index (χ3v) is 3.61. The predicted octanol–water partition coefficient (Wildman–Crippen LogP) is 3.32. The highest BCUT2D eigenvalue weighted by molar-refractivity contribution is 5.94. The summed E-state index contributed by atoms with van der Waals surface area (Å²) >= 11 is 0. The minimum atomic E-state index is -0.442. The number of carbonyl (C=O) groups excluding carboxylic acids is 1. The van der Waals surface area contributed by atoms with Crippen LogP contribution >= 0.6 is 0 Å². The highest BCUT2D eigenvalue weighted by Crippen LogP contribution is 2.28. The van der Waals surface area contributed by atoms with Gasteiger partial charge in [-0.1, -0.05) is 0 Å². The van der Waals surface area contributed by atoms with Crippen LogP contribution in [-0.2, 0) is 0 Å². The van der Waals surface area contributed by atoms with Crippen molar-refractivity contribution in [3.8, 4) is 11.3 Å². The molecule has 2 aromatic heterocycles. The van der Waals surface area contributed by atoms with Gasteiger partial charge in [0.25, 0.3) is 11.6 Å². The summed E-state index contributed by atoms with van der Waals surface area (Å²) in [6.07, 6.45) is 4.41. The van der Waals surface area contributed by atoms with Gasteiger partial charge in [-0.2, -0.15) is 5.10 Å². The maximum atomic E-state index is 11.9. The number of nitrogens with one attached hydrogen (secondary N) is 1. The van der Waals surface area contributed by atoms with Crippen LogP contribution < -0.4 is 5.43 Å². The van der Waals surface area contributed by atoms with Crippen molar-refractivity contribution in [1.29, 1.82) is 0 Å². The van der Waals surface area contributed by atoms with E-state index < -0.39 is 4.92 Å². The molecule has 1 amide bonds. The summed E-state index contributed by atoms with van der Waals surface area (Å²) in [5.74, 6) is 0.633. The zero-order valence-electron chi connectivity index (χ0n) is 13.7. The number of hydrogen-bond donors (Lipinski definition) is 1. The number of furan rings is 1. The van der Waals surface area contributed by atoms with Gasteiger partial charge in [0.2, 0.25) is 0 Å². The Morgan fingerprint density at radius 1 is 1.23 bits per heavy atom. The second kappa shape index (κ2) is 7.39. The van der Waals surface area contributed by atoms with Crippen LogP contribution in [0.25, 0.3) is 11.3 Å². The Bertz CT molecular complexity index is 980. The van der Waals surface area contributed by atoms with E-state index in [1.165, 1.54) is 30.7 Å². The molecule has 1 N–H and O–H groups in total. The molecule has 0 unspecified atom stereocenters. The molecule has 0 spiro atoms. The second-order valence-corrected chi connectivity index (χ2v) is 5.39. The number of hydrazone groups is 1. The highest BCUT2D eigenvalue weighted by Gasteiger charge is 2.12. The normalized spacial score (nSPS) is 10.8. The van der Waals surface area contributed by atoms with E-state index >= 15 is 0 Å². The van der Waals surface area contributed by atoms with Crippen molar-refractivity contribution in [3.63, 3.8) is 0 Å². The van der Waals surface area contributed by atoms with E-state index in [-0.39, 0.29) is 11.6 Å². The number of amides is 1. The van der Waals surface area contributed by atoms with Gasteiger partial charge in [-0.3, -0.25) is 19.9 Å². The molecule has 26 heavy (non-hydrogen) atoms. The number of benzene rings is 1. The SMILES string of the molecule is Cc1cc([N+](=O)[O-])ccc1-c1ccc(/C=N/NC(=O)c2ccncc2)o1. The first-order chi connectivity index (χ1) is 12.5. The number of hydrogen-bond acceptors (Lipinski definition) is 6. The van der Waals surface area contributed by atoms with Crippen molar-refractivity contribution in [2.24, 2.45) is 5.10 Å². The van der Waals surface area contributed by atoms with Crippen molar-refractivity contribution in [3.05, 3.63) is 81.9 Å². The lowest BCUT2D eigenvalue weighted by Crippen LogP contribution is -2.17. The number of nitro groups is 1. The summed E-state index contributed by atoms with van der Waals surface area (Å²) in [7, 11) is 0. The molecule has 0 saturated carbocycles. The standard InChI is InChI=1S/C18H14N4O4/c1-12-10-14(22(24)25)2-4-16(12)17-5-3-15(26-17)11-20-21-18(23)13-6-8-19-9-7-13/h2-11H,1H3,(H,21,23)/b20-11+. The lowest BCUT2D eigenvalue weighted by atomic mass is 10.1. The number of rotatable bonds is 5. The first-order valence-electron chi connectivity index (χ1n) is 7.63. The Morgan fingerprint density at radius 3 is 2.69 bits per heavy atom. The fraction of sp³-hybridized carbons (Fsp3) is 0.0556. The minimum Gasteiger partial charge on any atom is -0.455 e. The van der Waals surface area contributed by atoms with Crippen molar-refractivity contribution in [2.45, 2.75) is 6.92 Å². The highest BCUT2D eigenvalue weighted by atomic mass is 16.6. The lowest BCUT2D eigenvalue weighted by Gasteiger charge is -2.02. The van der Waals surface area contributed by atoms with Crippen LogP contribution in [0.5, 0.6) is 0 Å². The maximum absolute atomic E-state index is 11.9. The second-order valence-electron chi connectivity index (χ2n) is 5.39. The third-order valence-electron chi connectivity index (χ3n) is 3.61. The van der Waals surface area contributed by atoms with E-state index in [2.05, 4.69) is 15.5 Å². The van der Waals surface area contributed by atoms with Crippen LogP contribution in [0.1, 0.15) is 21.7 Å². The number of non-ortho nitro benzene ring substituents is 1. The molecule has 0 bridgehead atoms. The van der Waals surface area contributed by atoms with Gasteiger partial charge in [0, 0.05) is 35.7 Å². The average molecular weight is 350 g/mol. The van der Waals surface area contributed by atoms with Crippen LogP contribution in [-0.4, -0.2) is 22.0 Å². The number of aromatic nitrogens is 1. The molecule has 130 valence electrons. The van der Waals surface area contributed by atoms with Gasteiger partial charge in [0.05, 0.1) is 11.1 Å². The molecular weight excluding hydrogens is 336 g/mol. The van der Waals surface area contributed by atoms with Gasteiger partial charge in [-0.15, -0.1) is 0 Å². The molecule has 2 heterocycles. The quantitative estimate of drug-likeness (QED) is 0.431. The molecule has 8 nitrogen and oxygen atoms in total. The summed E-state index contributed by atoms with van der Waals surface area (Å²) in [5, 5.41) is 14.7. The Kier molecular flexibility index (Phi) is 4.84. The van der Waals surface area contributed by atoms with E-state index in [1.54, 1.807) is 37.3 Å². The number of nitrogens with zero attached hydrogens (tertiary/aromatic N) is 3. The number of nitro benzene ring substituents is 1.